The summed E-state index contributed by atoms with van der Waals surface area (Å²) in [5.41, 5.74) is -0.298. The maximum Gasteiger partial charge on any atom is 0.343 e. The Balaban J connectivity index is 1.92. The molecule has 0 spiro atoms. The minimum atomic E-state index is -1.54. The predicted octanol–water partition coefficient (Wildman–Crippen LogP) is 4.66. The second-order valence-corrected chi connectivity index (χ2v) is 8.90. The first-order valence-electron chi connectivity index (χ1n) is 8.15. The number of anilines is 1. The summed E-state index contributed by atoms with van der Waals surface area (Å²) in [6, 6.07) is 8.74. The number of nitro groups is 1. The van der Waals surface area contributed by atoms with E-state index in [0.29, 0.717) is 10.9 Å². The van der Waals surface area contributed by atoms with E-state index in [0.717, 1.165) is 20.6 Å². The number of carboxylic acid groups (broad SMARTS) is 1. The second kappa shape index (κ2) is 7.95. The lowest BCUT2D eigenvalue weighted by molar-refractivity contribution is -0.385. The summed E-state index contributed by atoms with van der Waals surface area (Å²) in [5.74, 6) is -2.27. The van der Waals surface area contributed by atoms with Crippen LogP contribution in [0.5, 0.6) is 0 Å². The van der Waals surface area contributed by atoms with Crippen molar-refractivity contribution < 1.29 is 19.6 Å². The highest BCUT2D eigenvalue weighted by Gasteiger charge is 2.27. The molecule has 1 heterocycles. The number of benzene rings is 2. The molecule has 0 aliphatic carbocycles. The van der Waals surface area contributed by atoms with Gasteiger partial charge in [-0.05, 0) is 24.3 Å². The molecular weight excluding hydrogens is 402 g/mol. The number of thioether (sulfide) groups is 1. The summed E-state index contributed by atoms with van der Waals surface area (Å²) in [7, 11) is 0. The number of carbonyl (C=O) groups excluding carboxylic acids is 1. The van der Waals surface area contributed by atoms with Gasteiger partial charge in [-0.2, -0.15) is 0 Å². The highest BCUT2D eigenvalue weighted by atomic mass is 32.2. The van der Waals surface area contributed by atoms with Crippen LogP contribution in [0, 0.1) is 10.1 Å². The van der Waals surface area contributed by atoms with Crippen LogP contribution in [0.2, 0.25) is 0 Å². The number of nitrogens with zero attached hydrogens (tertiary/aromatic N) is 2. The van der Waals surface area contributed by atoms with Crippen molar-refractivity contribution >= 4 is 56.6 Å². The van der Waals surface area contributed by atoms with Crippen LogP contribution in [0.1, 0.15) is 34.6 Å². The van der Waals surface area contributed by atoms with Gasteiger partial charge in [-0.15, -0.1) is 11.3 Å². The number of carbonyl (C=O) groups is 2. The van der Waals surface area contributed by atoms with Gasteiger partial charge in [0.25, 0.3) is 11.6 Å². The average Bonchev–Trinajstić information content (AvgIpc) is 3.01. The maximum absolute atomic E-state index is 12.6. The fraction of sp³-hybridized carbons (Fsp3) is 0.167. The third-order valence-electron chi connectivity index (χ3n) is 3.66. The van der Waals surface area contributed by atoms with E-state index in [4.69, 9.17) is 0 Å². The maximum atomic E-state index is 12.6. The molecule has 0 aliphatic heterocycles. The van der Waals surface area contributed by atoms with Crippen LogP contribution < -0.4 is 5.32 Å². The highest BCUT2D eigenvalue weighted by Crippen LogP contribution is 2.33. The number of amides is 1. The molecule has 1 amide bonds. The topological polar surface area (TPSA) is 122 Å². The first-order valence-corrected chi connectivity index (χ1v) is 9.85. The molecule has 8 nitrogen and oxygen atoms in total. The Hall–Kier alpha value is -2.98. The lowest BCUT2D eigenvalue weighted by Gasteiger charge is -2.08. The van der Waals surface area contributed by atoms with E-state index in [9.17, 15) is 24.8 Å². The molecule has 0 unspecified atom stereocenters. The molecule has 0 saturated heterocycles. The molecule has 0 radical (unpaired) electrons. The number of thiazole rings is 1. The molecule has 3 aromatic rings. The van der Waals surface area contributed by atoms with Gasteiger partial charge in [-0.3, -0.25) is 14.9 Å². The Bertz CT molecular complexity index is 1090. The summed E-state index contributed by atoms with van der Waals surface area (Å²) in [4.78, 5) is 38.8. The number of carboxylic acids is 1. The normalized spacial score (nSPS) is 11.0. The smallest absolute Gasteiger partial charge is 0.343 e. The average molecular weight is 417 g/mol. The summed E-state index contributed by atoms with van der Waals surface area (Å²) in [5, 5.41) is 23.4. The van der Waals surface area contributed by atoms with Crippen molar-refractivity contribution in [3.8, 4) is 0 Å². The molecular formula is C18H15N3O5S2. The lowest BCUT2D eigenvalue weighted by Crippen LogP contribution is -2.17. The minimum Gasteiger partial charge on any atom is -0.477 e. The molecule has 1 aromatic heterocycles. The summed E-state index contributed by atoms with van der Waals surface area (Å²) < 4.78 is 1.79. The van der Waals surface area contributed by atoms with E-state index in [1.54, 1.807) is 30.0 Å². The number of aromatic carboxylic acids is 1. The van der Waals surface area contributed by atoms with Gasteiger partial charge in [-0.1, -0.05) is 31.7 Å². The van der Waals surface area contributed by atoms with E-state index in [2.05, 4.69) is 24.1 Å². The van der Waals surface area contributed by atoms with E-state index in [-0.39, 0.29) is 5.56 Å². The number of nitro benzene ring substituents is 1. The van der Waals surface area contributed by atoms with Crippen molar-refractivity contribution in [3.05, 3.63) is 57.6 Å². The molecule has 144 valence electrons. The van der Waals surface area contributed by atoms with Crippen LogP contribution in [0.15, 0.2) is 40.7 Å². The summed E-state index contributed by atoms with van der Waals surface area (Å²) >= 11 is 3.14. The van der Waals surface area contributed by atoms with E-state index in [1.165, 1.54) is 23.5 Å². The molecule has 0 aliphatic rings. The van der Waals surface area contributed by atoms with Gasteiger partial charge < -0.3 is 10.4 Å². The zero-order valence-corrected chi connectivity index (χ0v) is 16.5. The molecule has 0 bridgehead atoms. The monoisotopic (exact) mass is 417 g/mol. The first kappa shape index (κ1) is 19.8. The van der Waals surface area contributed by atoms with Crippen molar-refractivity contribution in [1.82, 2.24) is 4.98 Å². The van der Waals surface area contributed by atoms with Gasteiger partial charge in [0, 0.05) is 17.0 Å². The van der Waals surface area contributed by atoms with Gasteiger partial charge >= 0.3 is 5.97 Å². The van der Waals surface area contributed by atoms with E-state index >= 15 is 0 Å². The van der Waals surface area contributed by atoms with Crippen molar-refractivity contribution in [3.63, 3.8) is 0 Å². The molecule has 0 saturated carbocycles. The highest BCUT2D eigenvalue weighted by molar-refractivity contribution is 8.01. The standard InChI is InChI=1S/C18H15N3O5S2/c1-9(2)27-18-20-12-7-6-10(8-14(12)28-18)19-16(22)11-4-3-5-13(21(25)26)15(11)17(23)24/h3-9H,1-2H3,(H,19,22)(H,23,24). The largest absolute Gasteiger partial charge is 0.477 e. The van der Waals surface area contributed by atoms with Crippen molar-refractivity contribution in [2.24, 2.45) is 0 Å². The molecule has 2 N–H and O–H groups in total. The van der Waals surface area contributed by atoms with Crippen LogP contribution >= 0.6 is 23.1 Å². The molecule has 0 atom stereocenters. The summed E-state index contributed by atoms with van der Waals surface area (Å²) in [6.07, 6.45) is 0. The molecule has 10 heteroatoms. The quantitative estimate of drug-likeness (QED) is 0.340. The fourth-order valence-electron chi connectivity index (χ4n) is 2.54. The number of aromatic nitrogens is 1. The van der Waals surface area contributed by atoms with Crippen molar-refractivity contribution in [1.29, 1.82) is 0 Å². The number of hydrogen-bond donors (Lipinski definition) is 2. The molecule has 2 aromatic carbocycles. The lowest BCUT2D eigenvalue weighted by atomic mass is 10.0. The van der Waals surface area contributed by atoms with Gasteiger partial charge in [0.15, 0.2) is 4.34 Å². The zero-order valence-electron chi connectivity index (χ0n) is 14.8. The first-order chi connectivity index (χ1) is 13.3. The van der Waals surface area contributed by atoms with Crippen LogP contribution in [-0.2, 0) is 0 Å². The van der Waals surface area contributed by atoms with Gasteiger partial charge in [-0.25, -0.2) is 9.78 Å². The van der Waals surface area contributed by atoms with Gasteiger partial charge in [0.2, 0.25) is 0 Å². The number of nitrogens with one attached hydrogen (secondary N) is 1. The molecule has 28 heavy (non-hydrogen) atoms. The Morgan fingerprint density at radius 3 is 2.68 bits per heavy atom. The van der Waals surface area contributed by atoms with Crippen molar-refractivity contribution in [2.75, 3.05) is 5.32 Å². The third-order valence-corrected chi connectivity index (χ3v) is 5.78. The SMILES string of the molecule is CC(C)Sc1nc2ccc(NC(=O)c3cccc([N+](=O)[O-])c3C(=O)O)cc2s1. The van der Waals surface area contributed by atoms with Crippen LogP contribution in [0.4, 0.5) is 11.4 Å². The third kappa shape index (κ3) is 4.12. The van der Waals surface area contributed by atoms with E-state index < -0.39 is 28.1 Å². The van der Waals surface area contributed by atoms with Crippen molar-refractivity contribution in [2.45, 2.75) is 23.4 Å². The number of rotatable bonds is 6. The minimum absolute atomic E-state index is 0.276. The second-order valence-electron chi connectivity index (χ2n) is 6.04. The number of hydrogen-bond acceptors (Lipinski definition) is 7. The van der Waals surface area contributed by atoms with Crippen LogP contribution in [-0.4, -0.2) is 32.1 Å². The van der Waals surface area contributed by atoms with Crippen LogP contribution in [0.25, 0.3) is 10.2 Å². The van der Waals surface area contributed by atoms with Gasteiger partial charge in [0.1, 0.15) is 5.56 Å². The Kier molecular flexibility index (Phi) is 5.61. The molecule has 3 rings (SSSR count). The Labute approximate surface area is 167 Å². The Morgan fingerprint density at radius 2 is 2.04 bits per heavy atom. The molecule has 0 fully saturated rings. The van der Waals surface area contributed by atoms with Crippen LogP contribution in [0.3, 0.4) is 0 Å². The zero-order chi connectivity index (χ0) is 20.4. The number of fused-ring (bicyclic) bond motifs is 1. The fourth-order valence-corrected chi connectivity index (χ4v) is 4.87. The Morgan fingerprint density at radius 1 is 1.29 bits per heavy atom. The summed E-state index contributed by atoms with van der Waals surface area (Å²) in [6.45, 7) is 4.14. The predicted molar refractivity (Wildman–Crippen MR) is 109 cm³/mol. The van der Waals surface area contributed by atoms with Gasteiger partial charge in [0.05, 0.1) is 20.7 Å². The van der Waals surface area contributed by atoms with E-state index in [1.807, 2.05) is 0 Å².